The quantitative estimate of drug-likeness (QED) is 0.399. The zero-order valence-electron chi connectivity index (χ0n) is 7.78. The molecule has 1 aromatic rings. The van der Waals surface area contributed by atoms with Crippen molar-refractivity contribution in [3.05, 3.63) is 17.5 Å². The van der Waals surface area contributed by atoms with E-state index < -0.39 is 54.0 Å². The van der Waals surface area contributed by atoms with Gasteiger partial charge in [0.25, 0.3) is 0 Å². The third kappa shape index (κ3) is 2.26. The van der Waals surface area contributed by atoms with Crippen LogP contribution in [0.25, 0.3) is 0 Å². The molecule has 1 aromatic carbocycles. The Kier molecular flexibility index (Phi) is 3.47. The van der Waals surface area contributed by atoms with Crippen LogP contribution >= 0.6 is 0 Å². The molecule has 0 saturated carbocycles. The number of hydrogen-bond donors (Lipinski definition) is 3. The predicted octanol–water partition coefficient (Wildman–Crippen LogP) is -0.0859. The van der Waals surface area contributed by atoms with Crippen molar-refractivity contribution in [2.45, 2.75) is 9.79 Å². The molecule has 11 heteroatoms. The van der Waals surface area contributed by atoms with E-state index >= 15 is 0 Å². The molecule has 0 aliphatic heterocycles. The zero-order valence-corrected chi connectivity index (χ0v) is 9.41. The van der Waals surface area contributed by atoms with Crippen LogP contribution in [0.5, 0.6) is 0 Å². The lowest BCUT2D eigenvalue weighted by Gasteiger charge is -2.09. The molecule has 0 heterocycles. The smallest absolute Gasteiger partial charge is 0.244 e. The fraction of sp³-hybridized carbons (Fsp3) is 0. The van der Waals surface area contributed by atoms with Crippen molar-refractivity contribution in [1.82, 2.24) is 0 Å². The van der Waals surface area contributed by atoms with Crippen LogP contribution in [0.2, 0.25) is 0 Å². The van der Waals surface area contributed by atoms with Crippen molar-refractivity contribution in [3.8, 4) is 0 Å². The molecule has 1 rings (SSSR count). The number of rotatable bonds is 2. The first-order valence-electron chi connectivity index (χ1n) is 3.68. The number of benzene rings is 1. The van der Waals surface area contributed by atoms with Gasteiger partial charge in [-0.15, -0.1) is 0 Å². The van der Waals surface area contributed by atoms with Gasteiger partial charge in [0, 0.05) is 0 Å². The Morgan fingerprint density at radius 2 is 1.59 bits per heavy atom. The van der Waals surface area contributed by atoms with E-state index in [1.54, 1.807) is 0 Å². The summed E-state index contributed by atoms with van der Waals surface area (Å²) in [5.74, 6) is -6.16. The highest BCUT2D eigenvalue weighted by Gasteiger charge is 2.31. The fourth-order valence-corrected chi connectivity index (χ4v) is 2.28. The Labute approximate surface area is 95.7 Å². The van der Waals surface area contributed by atoms with Gasteiger partial charge < -0.3 is 10.3 Å². The van der Waals surface area contributed by atoms with Crippen molar-refractivity contribution in [3.63, 3.8) is 0 Å². The second-order valence-corrected chi connectivity index (χ2v) is 5.21. The van der Waals surface area contributed by atoms with Gasteiger partial charge in [0.05, 0.1) is 5.69 Å². The van der Waals surface area contributed by atoms with E-state index in [1.165, 1.54) is 0 Å². The molecule has 1 atom stereocenters. The molecule has 0 amide bonds. The van der Waals surface area contributed by atoms with Crippen LogP contribution in [0.4, 0.5) is 18.9 Å². The minimum absolute atomic E-state index is 1.30. The zero-order chi connectivity index (χ0) is 13.5. The molecule has 17 heavy (non-hydrogen) atoms. The molecule has 0 aliphatic rings. The van der Waals surface area contributed by atoms with Crippen molar-refractivity contribution in [2.75, 3.05) is 5.73 Å². The number of halogens is 3. The average Bonchev–Trinajstić information content (AvgIpc) is 2.12. The lowest BCUT2D eigenvalue weighted by molar-refractivity contribution is 0.440. The molecule has 0 bridgehead atoms. The number of primary sulfonamides is 1. The Morgan fingerprint density at radius 3 is 1.94 bits per heavy atom. The summed E-state index contributed by atoms with van der Waals surface area (Å²) >= 11 is -3.12. The molecule has 5 N–H and O–H groups in total. The minimum Gasteiger partial charge on any atom is -0.395 e. The molecule has 0 aromatic heterocycles. The van der Waals surface area contributed by atoms with E-state index in [4.69, 9.17) is 10.3 Å². The maximum absolute atomic E-state index is 13.3. The molecular weight excluding hydrogens is 285 g/mol. The summed E-state index contributed by atoms with van der Waals surface area (Å²) in [6.07, 6.45) is 0. The molecule has 0 spiro atoms. The van der Waals surface area contributed by atoms with Crippen molar-refractivity contribution >= 4 is 26.8 Å². The summed E-state index contributed by atoms with van der Waals surface area (Å²) in [5, 5.41) is 4.45. The third-order valence-electron chi connectivity index (χ3n) is 1.73. The summed E-state index contributed by atoms with van der Waals surface area (Å²) in [6, 6.07) is 0. The lowest BCUT2D eigenvalue weighted by Crippen LogP contribution is -2.20. The molecule has 96 valence electrons. The molecule has 1 unspecified atom stereocenters. The van der Waals surface area contributed by atoms with Crippen molar-refractivity contribution in [2.24, 2.45) is 5.14 Å². The van der Waals surface area contributed by atoms with E-state index in [1.807, 2.05) is 0 Å². The molecule has 0 radical (unpaired) electrons. The van der Waals surface area contributed by atoms with E-state index in [9.17, 15) is 25.8 Å². The first-order valence-corrected chi connectivity index (χ1v) is 6.34. The van der Waals surface area contributed by atoms with E-state index in [-0.39, 0.29) is 0 Å². The first-order chi connectivity index (χ1) is 7.59. The molecule has 0 aliphatic carbocycles. The normalized spacial score (nSPS) is 13.7. The van der Waals surface area contributed by atoms with Crippen LogP contribution in [-0.4, -0.2) is 17.2 Å². The largest absolute Gasteiger partial charge is 0.395 e. The minimum atomic E-state index is -4.90. The molecule has 0 fully saturated rings. The van der Waals surface area contributed by atoms with Gasteiger partial charge in [0.15, 0.2) is 33.4 Å². The van der Waals surface area contributed by atoms with Crippen LogP contribution in [0.1, 0.15) is 0 Å². The maximum atomic E-state index is 13.3. The lowest BCUT2D eigenvalue weighted by atomic mass is 10.3. The average molecular weight is 290 g/mol. The number of nitrogens with two attached hydrogens (primary N) is 2. The molecular formula is C6H5F3N2O4S2. The van der Waals surface area contributed by atoms with E-state index in [0.717, 1.165) is 0 Å². The Bertz CT molecular complexity index is 587. The highest BCUT2D eigenvalue weighted by Crippen LogP contribution is 2.31. The maximum Gasteiger partial charge on any atom is 0.244 e. The van der Waals surface area contributed by atoms with Crippen LogP contribution < -0.4 is 10.9 Å². The van der Waals surface area contributed by atoms with Crippen LogP contribution in [0.15, 0.2) is 9.79 Å². The van der Waals surface area contributed by atoms with Gasteiger partial charge in [0.1, 0.15) is 4.90 Å². The summed E-state index contributed by atoms with van der Waals surface area (Å²) in [5.41, 5.74) is 3.60. The number of nitrogen functional groups attached to an aromatic ring is 1. The van der Waals surface area contributed by atoms with E-state index in [0.29, 0.717) is 0 Å². The third-order valence-corrected chi connectivity index (χ3v) is 3.41. The van der Waals surface area contributed by atoms with Crippen LogP contribution in [0.3, 0.4) is 0 Å². The Morgan fingerprint density at radius 1 is 1.12 bits per heavy atom. The first kappa shape index (κ1) is 13.9. The summed E-state index contributed by atoms with van der Waals surface area (Å²) in [4.78, 5) is -3.17. The highest BCUT2D eigenvalue weighted by atomic mass is 32.2. The monoisotopic (exact) mass is 290 g/mol. The van der Waals surface area contributed by atoms with Gasteiger partial charge in [-0.1, -0.05) is 0 Å². The number of anilines is 1. The standard InChI is InChI=1S/C6H5F3N2O4S2/c7-1-2(8)6(17(11,14)15)3(9)4(10)5(1)16(12)13/h10H2,(H,12,13)(H2,11,14,15). The van der Waals surface area contributed by atoms with Gasteiger partial charge in [-0.25, -0.2) is 30.9 Å². The summed E-state index contributed by atoms with van der Waals surface area (Å²) in [7, 11) is -4.90. The highest BCUT2D eigenvalue weighted by molar-refractivity contribution is 7.89. The summed E-state index contributed by atoms with van der Waals surface area (Å²) < 4.78 is 80.4. The van der Waals surface area contributed by atoms with Crippen molar-refractivity contribution < 1.29 is 30.4 Å². The topological polar surface area (TPSA) is 123 Å². The Hall–Kier alpha value is -1.17. The van der Waals surface area contributed by atoms with Gasteiger partial charge >= 0.3 is 0 Å². The molecule has 0 saturated heterocycles. The summed E-state index contributed by atoms with van der Waals surface area (Å²) in [6.45, 7) is 0. The number of hydrogen-bond acceptors (Lipinski definition) is 4. The second-order valence-electron chi connectivity index (χ2n) is 2.81. The fourth-order valence-electron chi connectivity index (χ4n) is 1.06. The van der Waals surface area contributed by atoms with Gasteiger partial charge in [0.2, 0.25) is 10.0 Å². The Balaban J connectivity index is 3.91. The second kappa shape index (κ2) is 4.25. The van der Waals surface area contributed by atoms with E-state index in [2.05, 4.69) is 5.14 Å². The van der Waals surface area contributed by atoms with Crippen molar-refractivity contribution in [1.29, 1.82) is 0 Å². The SMILES string of the molecule is Nc1c(F)c(S(N)(=O)=O)c(F)c(F)c1S(=O)O. The van der Waals surface area contributed by atoms with Gasteiger partial charge in [-0.05, 0) is 0 Å². The van der Waals surface area contributed by atoms with Gasteiger partial charge in [-0.2, -0.15) is 0 Å². The molecule has 6 nitrogen and oxygen atoms in total. The number of sulfonamides is 1. The van der Waals surface area contributed by atoms with Gasteiger partial charge in [-0.3, -0.25) is 0 Å². The van der Waals surface area contributed by atoms with Crippen LogP contribution in [0, 0.1) is 17.5 Å². The predicted molar refractivity (Wildman–Crippen MR) is 51.1 cm³/mol. The van der Waals surface area contributed by atoms with Crippen LogP contribution in [-0.2, 0) is 21.1 Å².